The monoisotopic (exact) mass is 386 g/mol. The number of halogens is 1. The lowest BCUT2D eigenvalue weighted by molar-refractivity contribution is -0.142. The Kier molecular flexibility index (Phi) is 4.64. The molecule has 1 N–H and O–H groups in total. The molecule has 28 heavy (non-hydrogen) atoms. The Morgan fingerprint density at radius 1 is 1.25 bits per heavy atom. The Labute approximate surface area is 162 Å². The first kappa shape index (κ1) is 18.6. The van der Waals surface area contributed by atoms with Gasteiger partial charge in [-0.25, -0.2) is 18.9 Å². The second-order valence-electron chi connectivity index (χ2n) is 7.91. The first-order chi connectivity index (χ1) is 13.4. The molecule has 2 aromatic rings. The number of hydrogen-bond acceptors (Lipinski definition) is 4. The number of benzene rings is 1. The van der Waals surface area contributed by atoms with Crippen LogP contribution in [0.25, 0.3) is 5.69 Å². The third-order valence-corrected chi connectivity index (χ3v) is 5.82. The van der Waals surface area contributed by atoms with E-state index < -0.39 is 23.7 Å². The van der Waals surface area contributed by atoms with Crippen molar-refractivity contribution in [2.24, 2.45) is 11.8 Å². The van der Waals surface area contributed by atoms with Crippen molar-refractivity contribution in [2.45, 2.75) is 45.1 Å². The van der Waals surface area contributed by atoms with Crippen LogP contribution < -0.4 is 0 Å². The standard InChI is InChI=1S/C20H23FN4O3/c1-11(2)18-22-17(23-25(18)15-9-4-3-8-14(15)21)19(26)24-10-12-6-5-7-13(12)16(24)20(27)28/h3-4,8-9,11-13,16H,5-7,10H2,1-2H3,(H,27,28). The number of hydrogen-bond donors (Lipinski definition) is 1. The first-order valence-corrected chi connectivity index (χ1v) is 9.64. The predicted molar refractivity (Wildman–Crippen MR) is 98.7 cm³/mol. The molecule has 1 aromatic heterocycles. The fourth-order valence-corrected chi connectivity index (χ4v) is 4.55. The number of carboxylic acids is 1. The van der Waals surface area contributed by atoms with Gasteiger partial charge in [0.05, 0.1) is 0 Å². The quantitative estimate of drug-likeness (QED) is 0.873. The summed E-state index contributed by atoms with van der Waals surface area (Å²) in [5.74, 6) is -1.48. The lowest BCUT2D eigenvalue weighted by Crippen LogP contribution is -2.43. The molecule has 4 rings (SSSR count). The lowest BCUT2D eigenvalue weighted by Gasteiger charge is -2.23. The molecule has 1 aromatic carbocycles. The van der Waals surface area contributed by atoms with Gasteiger partial charge in [0.2, 0.25) is 5.82 Å². The molecule has 2 fully saturated rings. The van der Waals surface area contributed by atoms with Crippen LogP contribution in [0, 0.1) is 17.7 Å². The number of fused-ring (bicyclic) bond motifs is 1. The highest BCUT2D eigenvalue weighted by atomic mass is 19.1. The van der Waals surface area contributed by atoms with Crippen LogP contribution in [0.2, 0.25) is 0 Å². The molecule has 7 nitrogen and oxygen atoms in total. The van der Waals surface area contributed by atoms with Crippen LogP contribution in [-0.4, -0.2) is 49.2 Å². The van der Waals surface area contributed by atoms with E-state index in [2.05, 4.69) is 10.1 Å². The molecule has 148 valence electrons. The molecule has 0 bridgehead atoms. The maximum Gasteiger partial charge on any atom is 0.326 e. The summed E-state index contributed by atoms with van der Waals surface area (Å²) in [6, 6.07) is 5.32. The zero-order chi connectivity index (χ0) is 20.0. The van der Waals surface area contributed by atoms with Crippen LogP contribution in [0.1, 0.15) is 55.5 Å². The van der Waals surface area contributed by atoms with Crippen LogP contribution in [-0.2, 0) is 4.79 Å². The van der Waals surface area contributed by atoms with E-state index in [1.54, 1.807) is 18.2 Å². The number of para-hydroxylation sites is 1. The summed E-state index contributed by atoms with van der Waals surface area (Å²) in [5, 5.41) is 14.0. The summed E-state index contributed by atoms with van der Waals surface area (Å²) in [5.41, 5.74) is 0.214. The van der Waals surface area contributed by atoms with E-state index in [4.69, 9.17) is 0 Å². The minimum atomic E-state index is -0.986. The molecule has 3 atom stereocenters. The maximum absolute atomic E-state index is 14.3. The average molecular weight is 386 g/mol. The molecular formula is C20H23FN4O3. The van der Waals surface area contributed by atoms with Crippen LogP contribution in [0.4, 0.5) is 4.39 Å². The predicted octanol–water partition coefficient (Wildman–Crippen LogP) is 2.86. The minimum Gasteiger partial charge on any atom is -0.480 e. The molecule has 1 saturated carbocycles. The van der Waals surface area contributed by atoms with Gasteiger partial charge in [-0.15, -0.1) is 5.10 Å². The SMILES string of the molecule is CC(C)c1nc(C(=O)N2CC3CCCC3C2C(=O)O)nn1-c1ccccc1F. The zero-order valence-corrected chi connectivity index (χ0v) is 15.9. The minimum absolute atomic E-state index is 0.0142. The van der Waals surface area contributed by atoms with E-state index >= 15 is 0 Å². The van der Waals surface area contributed by atoms with Gasteiger partial charge in [0.15, 0.2) is 0 Å². The Morgan fingerprint density at radius 3 is 2.68 bits per heavy atom. The van der Waals surface area contributed by atoms with Crippen molar-refractivity contribution >= 4 is 11.9 Å². The number of amides is 1. The van der Waals surface area contributed by atoms with Crippen LogP contribution in [0.5, 0.6) is 0 Å². The summed E-state index contributed by atoms with van der Waals surface area (Å²) >= 11 is 0. The van der Waals surface area contributed by atoms with Crippen molar-refractivity contribution in [2.75, 3.05) is 6.54 Å². The van der Waals surface area contributed by atoms with Crippen molar-refractivity contribution in [1.29, 1.82) is 0 Å². The second-order valence-corrected chi connectivity index (χ2v) is 7.91. The van der Waals surface area contributed by atoms with Crippen molar-refractivity contribution in [3.8, 4) is 5.69 Å². The third-order valence-electron chi connectivity index (χ3n) is 5.82. The third kappa shape index (κ3) is 2.96. The van der Waals surface area contributed by atoms with E-state index in [1.807, 2.05) is 13.8 Å². The zero-order valence-electron chi connectivity index (χ0n) is 15.9. The van der Waals surface area contributed by atoms with E-state index in [0.717, 1.165) is 19.3 Å². The smallest absolute Gasteiger partial charge is 0.326 e. The fraction of sp³-hybridized carbons (Fsp3) is 0.500. The number of carbonyl (C=O) groups is 2. The largest absolute Gasteiger partial charge is 0.480 e. The molecule has 1 saturated heterocycles. The van der Waals surface area contributed by atoms with Gasteiger partial charge < -0.3 is 10.0 Å². The van der Waals surface area contributed by atoms with Crippen LogP contribution >= 0.6 is 0 Å². The number of nitrogens with zero attached hydrogens (tertiary/aromatic N) is 4. The van der Waals surface area contributed by atoms with Crippen LogP contribution in [0.15, 0.2) is 24.3 Å². The number of carboxylic acid groups (broad SMARTS) is 1. The highest BCUT2D eigenvalue weighted by molar-refractivity contribution is 5.94. The Balaban J connectivity index is 1.71. The van der Waals surface area contributed by atoms with Gasteiger partial charge in [0, 0.05) is 12.5 Å². The normalized spacial score (nSPS) is 24.0. The molecule has 0 spiro atoms. The molecule has 0 radical (unpaired) electrons. The molecule has 2 heterocycles. The maximum atomic E-state index is 14.3. The van der Waals surface area contributed by atoms with Gasteiger partial charge in [-0.3, -0.25) is 4.79 Å². The average Bonchev–Trinajstić information content (AvgIpc) is 3.34. The number of aromatic nitrogens is 3. The summed E-state index contributed by atoms with van der Waals surface area (Å²) in [7, 11) is 0. The van der Waals surface area contributed by atoms with Crippen LogP contribution in [0.3, 0.4) is 0 Å². The molecule has 1 aliphatic heterocycles. The molecule has 1 aliphatic carbocycles. The molecular weight excluding hydrogens is 363 g/mol. The fourth-order valence-electron chi connectivity index (χ4n) is 4.55. The van der Waals surface area contributed by atoms with Gasteiger partial charge in [-0.1, -0.05) is 32.4 Å². The topological polar surface area (TPSA) is 88.3 Å². The summed E-state index contributed by atoms with van der Waals surface area (Å²) < 4.78 is 15.6. The number of rotatable bonds is 4. The lowest BCUT2D eigenvalue weighted by atomic mass is 9.94. The Morgan fingerprint density at radius 2 is 2.00 bits per heavy atom. The summed E-state index contributed by atoms with van der Waals surface area (Å²) in [6.07, 6.45) is 2.76. The first-order valence-electron chi connectivity index (χ1n) is 9.64. The van der Waals surface area contributed by atoms with E-state index in [-0.39, 0.29) is 29.3 Å². The Bertz CT molecular complexity index is 926. The van der Waals surface area contributed by atoms with Crippen molar-refractivity contribution < 1.29 is 19.1 Å². The van der Waals surface area contributed by atoms with Crippen molar-refractivity contribution in [1.82, 2.24) is 19.7 Å². The van der Waals surface area contributed by atoms with E-state index in [9.17, 15) is 19.1 Å². The number of likely N-dealkylation sites (tertiary alicyclic amines) is 1. The summed E-state index contributed by atoms with van der Waals surface area (Å²) in [6.45, 7) is 4.18. The number of aliphatic carboxylic acids is 1. The van der Waals surface area contributed by atoms with Gasteiger partial charge in [-0.05, 0) is 36.8 Å². The molecule has 1 amide bonds. The van der Waals surface area contributed by atoms with Crippen molar-refractivity contribution in [3.05, 3.63) is 41.7 Å². The van der Waals surface area contributed by atoms with Crippen molar-refractivity contribution in [3.63, 3.8) is 0 Å². The van der Waals surface area contributed by atoms with Gasteiger partial charge >= 0.3 is 5.97 Å². The van der Waals surface area contributed by atoms with Gasteiger partial charge in [0.1, 0.15) is 23.4 Å². The van der Waals surface area contributed by atoms with Gasteiger partial charge in [0.25, 0.3) is 5.91 Å². The molecule has 8 heteroatoms. The second kappa shape index (κ2) is 7.00. The molecule has 2 aliphatic rings. The van der Waals surface area contributed by atoms with E-state index in [1.165, 1.54) is 15.6 Å². The van der Waals surface area contributed by atoms with Gasteiger partial charge in [-0.2, -0.15) is 0 Å². The Hall–Kier alpha value is -2.77. The van der Waals surface area contributed by atoms with E-state index in [0.29, 0.717) is 12.4 Å². The highest BCUT2D eigenvalue weighted by Crippen LogP contribution is 2.42. The molecule has 3 unspecified atom stereocenters. The summed E-state index contributed by atoms with van der Waals surface area (Å²) in [4.78, 5) is 30.7. The number of carbonyl (C=O) groups excluding carboxylic acids is 1. The highest BCUT2D eigenvalue weighted by Gasteiger charge is 2.50.